The van der Waals surface area contributed by atoms with E-state index in [0.29, 0.717) is 23.5 Å². The highest BCUT2D eigenvalue weighted by Gasteiger charge is 2.78. The zero-order valence-corrected chi connectivity index (χ0v) is 14.8. The van der Waals surface area contributed by atoms with Crippen molar-refractivity contribution in [2.45, 2.75) is 32.2 Å². The fourth-order valence-electron chi connectivity index (χ4n) is 4.42. The smallest absolute Gasteiger partial charge is 0.231 e. The Balaban J connectivity index is 1.97. The van der Waals surface area contributed by atoms with Crippen LogP contribution >= 0.6 is 0 Å². The Hall–Kier alpha value is -3.28. The van der Waals surface area contributed by atoms with Crippen molar-refractivity contribution in [3.63, 3.8) is 0 Å². The van der Waals surface area contributed by atoms with Crippen molar-refractivity contribution in [3.8, 4) is 29.7 Å². The molecule has 4 atom stereocenters. The highest BCUT2D eigenvalue weighted by Crippen LogP contribution is 2.67. The van der Waals surface area contributed by atoms with E-state index in [1.165, 1.54) is 0 Å². The normalized spacial score (nSPS) is 34.9. The lowest BCUT2D eigenvalue weighted by Crippen LogP contribution is -2.58. The molecule has 3 aliphatic heterocycles. The topological polar surface area (TPSA) is 132 Å². The third-order valence-electron chi connectivity index (χ3n) is 6.00. The second kappa shape index (κ2) is 5.36. The number of nitrogens with one attached hydrogen (secondary N) is 1. The number of hydrogen-bond donors (Lipinski definition) is 1. The van der Waals surface area contributed by atoms with Crippen LogP contribution in [-0.2, 0) is 9.47 Å². The molecule has 0 radical (unpaired) electrons. The monoisotopic (exact) mass is 364 g/mol. The second-order valence-corrected chi connectivity index (χ2v) is 6.88. The number of nitrogens with zero attached hydrogens (tertiary/aromatic N) is 3. The number of benzene rings is 1. The van der Waals surface area contributed by atoms with Crippen molar-refractivity contribution in [1.82, 2.24) is 0 Å². The van der Waals surface area contributed by atoms with Gasteiger partial charge in [0.05, 0.1) is 24.1 Å². The Kier molecular flexibility index (Phi) is 3.40. The van der Waals surface area contributed by atoms with Gasteiger partial charge in [0.25, 0.3) is 0 Å². The average Bonchev–Trinajstić information content (AvgIpc) is 3.21. The zero-order chi connectivity index (χ0) is 19.4. The van der Waals surface area contributed by atoms with Crippen LogP contribution in [0.25, 0.3) is 0 Å². The van der Waals surface area contributed by atoms with Crippen LogP contribution < -0.4 is 9.47 Å². The molecule has 8 nitrogen and oxygen atoms in total. The molecule has 3 heterocycles. The Morgan fingerprint density at radius 2 is 1.85 bits per heavy atom. The Morgan fingerprint density at radius 3 is 2.48 bits per heavy atom. The van der Waals surface area contributed by atoms with Crippen molar-refractivity contribution in [2.24, 2.45) is 16.7 Å². The van der Waals surface area contributed by atoms with Gasteiger partial charge in [-0.1, -0.05) is 19.9 Å². The van der Waals surface area contributed by atoms with Crippen LogP contribution in [0.3, 0.4) is 0 Å². The van der Waals surface area contributed by atoms with Gasteiger partial charge in [-0.3, -0.25) is 5.41 Å². The molecule has 1 aromatic rings. The number of rotatable bonds is 2. The molecule has 0 aliphatic carbocycles. The predicted molar refractivity (Wildman–Crippen MR) is 89.1 cm³/mol. The fourth-order valence-corrected chi connectivity index (χ4v) is 4.42. The molecular formula is C19H16N4O4. The minimum absolute atomic E-state index is 0.0811. The van der Waals surface area contributed by atoms with Gasteiger partial charge in [0.2, 0.25) is 23.9 Å². The van der Waals surface area contributed by atoms with Gasteiger partial charge in [-0.15, -0.1) is 0 Å². The van der Waals surface area contributed by atoms with Gasteiger partial charge >= 0.3 is 0 Å². The molecule has 27 heavy (non-hydrogen) atoms. The standard InChI is InChI=1S/C19H16N4O4/c1-3-19-11(2)18(9-22,16(23)27-19)17(7-20,8-21)15(26-19)12-4-5-13-14(6-12)25-10-24-13/h4-6,11,15,23H,3,10H2,1-2H3. The summed E-state index contributed by atoms with van der Waals surface area (Å²) < 4.78 is 22.6. The van der Waals surface area contributed by atoms with Crippen LogP contribution in [0.1, 0.15) is 31.9 Å². The van der Waals surface area contributed by atoms with E-state index in [1.54, 1.807) is 25.1 Å². The van der Waals surface area contributed by atoms with E-state index < -0.39 is 34.5 Å². The molecular weight excluding hydrogens is 348 g/mol. The molecule has 0 aromatic heterocycles. The molecule has 1 N–H and O–H groups in total. The first kappa shape index (κ1) is 17.1. The molecule has 4 unspecified atom stereocenters. The highest BCUT2D eigenvalue weighted by molar-refractivity contribution is 5.89. The number of nitriles is 3. The lowest BCUT2D eigenvalue weighted by atomic mass is 9.53. The molecule has 3 aliphatic rings. The van der Waals surface area contributed by atoms with Crippen LogP contribution in [0.4, 0.5) is 0 Å². The summed E-state index contributed by atoms with van der Waals surface area (Å²) in [5, 5.41) is 38.5. The van der Waals surface area contributed by atoms with E-state index in [2.05, 4.69) is 6.07 Å². The highest BCUT2D eigenvalue weighted by atomic mass is 16.7. The number of hydrogen-bond acceptors (Lipinski definition) is 8. The van der Waals surface area contributed by atoms with Crippen molar-refractivity contribution in [2.75, 3.05) is 6.79 Å². The number of ether oxygens (including phenoxy) is 4. The predicted octanol–water partition coefficient (Wildman–Crippen LogP) is 2.78. The fraction of sp³-hybridized carbons (Fsp3) is 0.474. The third-order valence-corrected chi connectivity index (χ3v) is 6.00. The van der Waals surface area contributed by atoms with Crippen LogP contribution in [0.15, 0.2) is 18.2 Å². The SMILES string of the molecule is CCC12OC(=N)C(C#N)(C1C)C(C#N)(C#N)C(c1ccc3c(c1)OCO3)O2. The maximum Gasteiger partial charge on any atom is 0.231 e. The summed E-state index contributed by atoms with van der Waals surface area (Å²) in [6, 6.07) is 11.1. The van der Waals surface area contributed by atoms with Gasteiger partial charge in [0.15, 0.2) is 16.9 Å². The molecule has 0 spiro atoms. The van der Waals surface area contributed by atoms with E-state index in [1.807, 2.05) is 19.1 Å². The molecule has 2 fully saturated rings. The van der Waals surface area contributed by atoms with Gasteiger partial charge in [-0.05, 0) is 17.7 Å². The van der Waals surface area contributed by atoms with Crippen molar-refractivity contribution in [1.29, 1.82) is 21.2 Å². The molecule has 1 aromatic carbocycles. The van der Waals surface area contributed by atoms with E-state index in [4.69, 9.17) is 24.4 Å². The van der Waals surface area contributed by atoms with Gasteiger partial charge in [-0.25, -0.2) is 0 Å². The molecule has 136 valence electrons. The summed E-state index contributed by atoms with van der Waals surface area (Å²) in [4.78, 5) is 0. The quantitative estimate of drug-likeness (QED) is 0.853. The summed E-state index contributed by atoms with van der Waals surface area (Å²) in [6.45, 7) is 3.59. The summed E-state index contributed by atoms with van der Waals surface area (Å²) in [5.74, 6) is -1.30. The minimum atomic E-state index is -1.96. The Morgan fingerprint density at radius 1 is 1.15 bits per heavy atom. The zero-order valence-electron chi connectivity index (χ0n) is 14.8. The lowest BCUT2D eigenvalue weighted by molar-refractivity contribution is -0.280. The lowest BCUT2D eigenvalue weighted by Gasteiger charge is -2.48. The first-order chi connectivity index (χ1) is 12.9. The van der Waals surface area contributed by atoms with Gasteiger partial charge < -0.3 is 18.9 Å². The first-order valence-electron chi connectivity index (χ1n) is 8.54. The van der Waals surface area contributed by atoms with E-state index in [-0.39, 0.29) is 6.79 Å². The third kappa shape index (κ3) is 1.75. The van der Waals surface area contributed by atoms with Crippen LogP contribution in [0.2, 0.25) is 0 Å². The van der Waals surface area contributed by atoms with Crippen molar-refractivity contribution >= 4 is 5.90 Å². The van der Waals surface area contributed by atoms with E-state index in [9.17, 15) is 15.8 Å². The summed E-state index contributed by atoms with van der Waals surface area (Å²) in [7, 11) is 0. The molecule has 4 rings (SSSR count). The van der Waals surface area contributed by atoms with Gasteiger partial charge in [0, 0.05) is 6.42 Å². The van der Waals surface area contributed by atoms with Gasteiger partial charge in [0.1, 0.15) is 6.10 Å². The summed E-state index contributed by atoms with van der Waals surface area (Å²) in [5.41, 5.74) is -3.21. The van der Waals surface area contributed by atoms with Crippen LogP contribution in [0, 0.1) is 56.2 Å². The van der Waals surface area contributed by atoms with Gasteiger partial charge in [-0.2, -0.15) is 15.8 Å². The number of fused-ring (bicyclic) bond motifs is 3. The van der Waals surface area contributed by atoms with Crippen molar-refractivity contribution in [3.05, 3.63) is 23.8 Å². The largest absolute Gasteiger partial charge is 0.454 e. The Labute approximate surface area is 155 Å². The van der Waals surface area contributed by atoms with E-state index >= 15 is 0 Å². The molecule has 2 bridgehead atoms. The Bertz CT molecular complexity index is 957. The van der Waals surface area contributed by atoms with Crippen LogP contribution in [0.5, 0.6) is 11.5 Å². The first-order valence-corrected chi connectivity index (χ1v) is 8.54. The summed E-state index contributed by atoms with van der Waals surface area (Å²) in [6.07, 6.45) is -0.741. The molecule has 8 heteroatoms. The molecule has 0 amide bonds. The minimum Gasteiger partial charge on any atom is -0.454 e. The van der Waals surface area contributed by atoms with Crippen LogP contribution in [-0.4, -0.2) is 18.5 Å². The maximum atomic E-state index is 10.1. The summed E-state index contributed by atoms with van der Waals surface area (Å²) >= 11 is 0. The average molecular weight is 364 g/mol. The molecule has 2 saturated heterocycles. The molecule has 0 saturated carbocycles. The second-order valence-electron chi connectivity index (χ2n) is 6.88. The van der Waals surface area contributed by atoms with Crippen molar-refractivity contribution < 1.29 is 18.9 Å². The maximum absolute atomic E-state index is 10.1. The van der Waals surface area contributed by atoms with E-state index in [0.717, 1.165) is 0 Å².